The molecule has 1 aromatic rings. The third kappa shape index (κ3) is 3.62. The number of aliphatic hydroxyl groups excluding tert-OH is 1. The van der Waals surface area contributed by atoms with Crippen molar-refractivity contribution in [1.29, 1.82) is 0 Å². The van der Waals surface area contributed by atoms with Crippen LogP contribution in [0.1, 0.15) is 23.7 Å². The molecule has 2 unspecified atom stereocenters. The molecule has 0 radical (unpaired) electrons. The number of carbonyl (C=O) groups is 1. The van der Waals surface area contributed by atoms with E-state index in [1.54, 1.807) is 18.2 Å². The maximum Gasteiger partial charge on any atom is 0.251 e. The lowest BCUT2D eigenvalue weighted by molar-refractivity contribution is 0.0886. The number of rotatable bonds is 5. The summed E-state index contributed by atoms with van der Waals surface area (Å²) < 4.78 is 10.5. The number of carbonyl (C=O) groups excluding carboxylic acids is 1. The molecule has 2 N–H and O–H groups in total. The van der Waals surface area contributed by atoms with Crippen LogP contribution in [0, 0.1) is 0 Å². The molecule has 110 valence electrons. The maximum absolute atomic E-state index is 12.0. The summed E-state index contributed by atoms with van der Waals surface area (Å²) in [5.41, 5.74) is 0.429. The first-order valence-corrected chi connectivity index (χ1v) is 6.98. The number of aliphatic hydroxyl groups is 1. The van der Waals surface area contributed by atoms with Gasteiger partial charge in [-0.1, -0.05) is 18.5 Å². The van der Waals surface area contributed by atoms with Crippen molar-refractivity contribution in [3.05, 3.63) is 28.8 Å². The quantitative estimate of drug-likeness (QED) is 0.867. The van der Waals surface area contributed by atoms with Gasteiger partial charge >= 0.3 is 0 Å². The Labute approximate surface area is 122 Å². The van der Waals surface area contributed by atoms with Gasteiger partial charge in [0.25, 0.3) is 5.91 Å². The van der Waals surface area contributed by atoms with Crippen LogP contribution in [-0.2, 0) is 4.74 Å². The predicted octanol–water partition coefficient (Wildman–Crippen LogP) is 1.62. The Hall–Kier alpha value is -1.30. The zero-order valence-electron chi connectivity index (χ0n) is 11.3. The fourth-order valence-electron chi connectivity index (χ4n) is 1.90. The van der Waals surface area contributed by atoms with Gasteiger partial charge in [0.15, 0.2) is 0 Å². The zero-order chi connectivity index (χ0) is 14.5. The van der Waals surface area contributed by atoms with Gasteiger partial charge in [0, 0.05) is 5.56 Å². The van der Waals surface area contributed by atoms with E-state index in [-0.39, 0.29) is 18.6 Å². The molecule has 0 spiro atoms. The molecule has 5 nitrogen and oxygen atoms in total. The van der Waals surface area contributed by atoms with E-state index >= 15 is 0 Å². The topological polar surface area (TPSA) is 67.8 Å². The van der Waals surface area contributed by atoms with Crippen molar-refractivity contribution in [3.63, 3.8) is 0 Å². The normalized spacial score (nSPS) is 21.8. The summed E-state index contributed by atoms with van der Waals surface area (Å²) in [5, 5.41) is 12.7. The van der Waals surface area contributed by atoms with E-state index in [1.807, 2.05) is 6.92 Å². The molecule has 0 aromatic heterocycles. The minimum absolute atomic E-state index is 0.246. The average molecular weight is 300 g/mol. The van der Waals surface area contributed by atoms with Gasteiger partial charge in [-0.25, -0.2) is 0 Å². The minimum Gasteiger partial charge on any atom is -0.492 e. The van der Waals surface area contributed by atoms with Gasteiger partial charge in [0.1, 0.15) is 5.75 Å². The van der Waals surface area contributed by atoms with Crippen molar-refractivity contribution < 1.29 is 19.4 Å². The molecule has 1 heterocycles. The van der Waals surface area contributed by atoms with Gasteiger partial charge in [-0.3, -0.25) is 4.79 Å². The first-order chi connectivity index (χ1) is 9.61. The highest BCUT2D eigenvalue weighted by atomic mass is 35.5. The SMILES string of the molecule is CCCOc1ccc(C(=O)NC2COCC2O)cc1Cl. The van der Waals surface area contributed by atoms with Gasteiger partial charge in [0.2, 0.25) is 0 Å². The van der Waals surface area contributed by atoms with Crippen molar-refractivity contribution in [2.45, 2.75) is 25.5 Å². The van der Waals surface area contributed by atoms with E-state index in [9.17, 15) is 9.90 Å². The summed E-state index contributed by atoms with van der Waals surface area (Å²) in [6.45, 7) is 3.15. The number of benzene rings is 1. The third-order valence-electron chi connectivity index (χ3n) is 3.02. The van der Waals surface area contributed by atoms with Gasteiger partial charge < -0.3 is 19.9 Å². The number of halogens is 1. The highest BCUT2D eigenvalue weighted by Gasteiger charge is 2.27. The summed E-state index contributed by atoms with van der Waals surface area (Å²) >= 11 is 6.08. The Morgan fingerprint density at radius 1 is 1.55 bits per heavy atom. The van der Waals surface area contributed by atoms with Crippen molar-refractivity contribution in [3.8, 4) is 5.75 Å². The molecule has 1 aliphatic heterocycles. The number of nitrogens with one attached hydrogen (secondary N) is 1. The second-order valence-corrected chi connectivity index (χ2v) is 5.09. The fourth-order valence-corrected chi connectivity index (χ4v) is 2.14. The molecule has 20 heavy (non-hydrogen) atoms. The molecular formula is C14H18ClNO4. The second-order valence-electron chi connectivity index (χ2n) is 4.68. The Morgan fingerprint density at radius 2 is 2.35 bits per heavy atom. The molecule has 1 aromatic carbocycles. The van der Waals surface area contributed by atoms with E-state index in [1.165, 1.54) is 0 Å². The Morgan fingerprint density at radius 3 is 2.95 bits per heavy atom. The number of hydrogen-bond acceptors (Lipinski definition) is 4. The zero-order valence-corrected chi connectivity index (χ0v) is 12.0. The first kappa shape index (κ1) is 15.1. The number of ether oxygens (including phenoxy) is 2. The summed E-state index contributed by atoms with van der Waals surface area (Å²) in [4.78, 5) is 12.0. The second kappa shape index (κ2) is 6.92. The summed E-state index contributed by atoms with van der Waals surface area (Å²) in [6.07, 6.45) is 0.222. The minimum atomic E-state index is -0.665. The maximum atomic E-state index is 12.0. The van der Waals surface area contributed by atoms with Crippen molar-refractivity contribution in [2.75, 3.05) is 19.8 Å². The van der Waals surface area contributed by atoms with Crippen LogP contribution in [0.5, 0.6) is 5.75 Å². The van der Waals surface area contributed by atoms with Gasteiger partial charge in [-0.2, -0.15) is 0 Å². The van der Waals surface area contributed by atoms with Gasteiger partial charge in [0.05, 0.1) is 37.0 Å². The molecule has 1 amide bonds. The lowest BCUT2D eigenvalue weighted by Gasteiger charge is -2.15. The van der Waals surface area contributed by atoms with Crippen molar-refractivity contribution in [1.82, 2.24) is 5.32 Å². The average Bonchev–Trinajstić information content (AvgIpc) is 2.83. The third-order valence-corrected chi connectivity index (χ3v) is 3.32. The summed E-state index contributed by atoms with van der Waals surface area (Å²) in [7, 11) is 0. The van der Waals surface area contributed by atoms with Crippen LogP contribution in [0.15, 0.2) is 18.2 Å². The number of amides is 1. The monoisotopic (exact) mass is 299 g/mol. The van der Waals surface area contributed by atoms with E-state index in [0.717, 1.165) is 6.42 Å². The summed E-state index contributed by atoms with van der Waals surface area (Å²) in [5.74, 6) is 0.276. The molecule has 1 aliphatic rings. The highest BCUT2D eigenvalue weighted by Crippen LogP contribution is 2.25. The summed E-state index contributed by atoms with van der Waals surface area (Å²) in [6, 6.07) is 4.50. The smallest absolute Gasteiger partial charge is 0.251 e. The Kier molecular flexibility index (Phi) is 5.23. The Balaban J connectivity index is 2.01. The molecule has 1 saturated heterocycles. The molecular weight excluding hydrogens is 282 g/mol. The molecule has 2 atom stereocenters. The van der Waals surface area contributed by atoms with E-state index in [2.05, 4.69) is 5.32 Å². The molecule has 0 bridgehead atoms. The van der Waals surface area contributed by atoms with Crippen LogP contribution in [0.4, 0.5) is 0 Å². The lowest BCUT2D eigenvalue weighted by atomic mass is 10.1. The Bertz CT molecular complexity index is 480. The van der Waals surface area contributed by atoms with Crippen LogP contribution in [0.25, 0.3) is 0 Å². The number of hydrogen-bond donors (Lipinski definition) is 2. The van der Waals surface area contributed by atoms with E-state index in [4.69, 9.17) is 21.1 Å². The largest absolute Gasteiger partial charge is 0.492 e. The fraction of sp³-hybridized carbons (Fsp3) is 0.500. The van der Waals surface area contributed by atoms with E-state index < -0.39 is 6.10 Å². The molecule has 1 fully saturated rings. The lowest BCUT2D eigenvalue weighted by Crippen LogP contribution is -2.42. The van der Waals surface area contributed by atoms with Crippen molar-refractivity contribution in [2.24, 2.45) is 0 Å². The molecule has 0 saturated carbocycles. The predicted molar refractivity (Wildman–Crippen MR) is 75.3 cm³/mol. The van der Waals surface area contributed by atoms with E-state index in [0.29, 0.717) is 29.5 Å². The van der Waals surface area contributed by atoms with Gasteiger partial charge in [-0.15, -0.1) is 0 Å². The highest BCUT2D eigenvalue weighted by molar-refractivity contribution is 6.32. The van der Waals surface area contributed by atoms with Gasteiger partial charge in [-0.05, 0) is 24.6 Å². The van der Waals surface area contributed by atoms with Crippen LogP contribution in [0.2, 0.25) is 5.02 Å². The standard InChI is InChI=1S/C14H18ClNO4/c1-2-5-20-13-4-3-9(6-10(13)15)14(18)16-11-7-19-8-12(11)17/h3-4,6,11-12,17H,2,5,7-8H2,1H3,(H,16,18). The van der Waals surface area contributed by atoms with Crippen LogP contribution in [0.3, 0.4) is 0 Å². The molecule has 2 rings (SSSR count). The van der Waals surface area contributed by atoms with Crippen LogP contribution in [-0.4, -0.2) is 43.0 Å². The van der Waals surface area contributed by atoms with Crippen LogP contribution >= 0.6 is 11.6 Å². The van der Waals surface area contributed by atoms with Crippen LogP contribution < -0.4 is 10.1 Å². The molecule has 0 aliphatic carbocycles. The molecule has 6 heteroatoms. The van der Waals surface area contributed by atoms with Crippen molar-refractivity contribution >= 4 is 17.5 Å². The first-order valence-electron chi connectivity index (χ1n) is 6.61.